The molecular formula is C25H22FN3O2. The lowest BCUT2D eigenvalue weighted by Gasteiger charge is -2.28. The molecule has 1 N–H and O–H groups in total. The molecule has 1 aromatic heterocycles. The average molecular weight is 415 g/mol. The number of halogens is 1. The quantitative estimate of drug-likeness (QED) is 0.478. The van der Waals surface area contributed by atoms with Crippen molar-refractivity contribution in [3.63, 3.8) is 0 Å². The third-order valence-electron chi connectivity index (χ3n) is 5.79. The van der Waals surface area contributed by atoms with Crippen molar-refractivity contribution in [2.24, 2.45) is 0 Å². The van der Waals surface area contributed by atoms with E-state index < -0.39 is 0 Å². The highest BCUT2D eigenvalue weighted by Gasteiger charge is 2.29. The van der Waals surface area contributed by atoms with Crippen LogP contribution in [0.4, 0.5) is 10.2 Å². The van der Waals surface area contributed by atoms with Crippen molar-refractivity contribution in [3.8, 4) is 22.9 Å². The first-order valence-electron chi connectivity index (χ1n) is 10.3. The molecule has 5 rings (SSSR count). The predicted octanol–water partition coefficient (Wildman–Crippen LogP) is 5.49. The minimum Gasteiger partial charge on any atom is -0.507 e. The van der Waals surface area contributed by atoms with Crippen molar-refractivity contribution < 1.29 is 14.2 Å². The molecule has 4 aromatic rings. The Hall–Kier alpha value is -3.67. The number of aromatic nitrogens is 2. The molecule has 156 valence electrons. The standard InChI is InChI=1S/C25H22FN3O2/c1-31-18-7-4-6-16(14-18)22-9-5-13-29(22)25-20-15-17(26)11-12-21(20)27-24(28-25)19-8-2-3-10-23(19)30/h2-4,6-8,10-12,14-15,22,30H,5,9,13H2,1H3. The summed E-state index contributed by atoms with van der Waals surface area (Å²) < 4.78 is 19.6. The fourth-order valence-corrected chi connectivity index (χ4v) is 4.30. The molecule has 1 unspecified atom stereocenters. The highest BCUT2D eigenvalue weighted by atomic mass is 19.1. The number of hydrogen-bond acceptors (Lipinski definition) is 5. The third kappa shape index (κ3) is 3.54. The molecule has 0 radical (unpaired) electrons. The van der Waals surface area contributed by atoms with Gasteiger partial charge < -0.3 is 14.7 Å². The number of fused-ring (bicyclic) bond motifs is 1. The molecular weight excluding hydrogens is 393 g/mol. The Labute approximate surface area is 179 Å². The zero-order valence-electron chi connectivity index (χ0n) is 17.1. The lowest BCUT2D eigenvalue weighted by Crippen LogP contribution is -2.24. The molecule has 1 aliphatic rings. The summed E-state index contributed by atoms with van der Waals surface area (Å²) in [6.45, 7) is 0.796. The number of methoxy groups -OCH3 is 1. The summed E-state index contributed by atoms with van der Waals surface area (Å²) in [5.41, 5.74) is 2.32. The van der Waals surface area contributed by atoms with E-state index >= 15 is 0 Å². The van der Waals surface area contributed by atoms with Crippen LogP contribution in [0.25, 0.3) is 22.3 Å². The molecule has 2 heterocycles. The van der Waals surface area contributed by atoms with E-state index in [4.69, 9.17) is 9.72 Å². The summed E-state index contributed by atoms with van der Waals surface area (Å²) in [6.07, 6.45) is 1.95. The Morgan fingerprint density at radius 2 is 1.90 bits per heavy atom. The molecule has 1 aliphatic heterocycles. The smallest absolute Gasteiger partial charge is 0.165 e. The number of phenols is 1. The molecule has 0 bridgehead atoms. The zero-order valence-corrected chi connectivity index (χ0v) is 17.1. The van der Waals surface area contributed by atoms with Crippen molar-refractivity contribution in [1.29, 1.82) is 0 Å². The summed E-state index contributed by atoms with van der Waals surface area (Å²) >= 11 is 0. The van der Waals surface area contributed by atoms with Crippen molar-refractivity contribution in [3.05, 3.63) is 78.1 Å². The second kappa shape index (κ2) is 7.87. The van der Waals surface area contributed by atoms with Gasteiger partial charge in [-0.05, 0) is 60.9 Å². The van der Waals surface area contributed by atoms with Gasteiger partial charge in [0.15, 0.2) is 5.82 Å². The van der Waals surface area contributed by atoms with Gasteiger partial charge in [-0.1, -0.05) is 24.3 Å². The number of hydrogen-bond donors (Lipinski definition) is 1. The number of rotatable bonds is 4. The average Bonchev–Trinajstić information content (AvgIpc) is 3.28. The van der Waals surface area contributed by atoms with Gasteiger partial charge in [-0.3, -0.25) is 0 Å². The van der Waals surface area contributed by atoms with Crippen molar-refractivity contribution >= 4 is 16.7 Å². The number of para-hydroxylation sites is 1. The number of nitrogens with zero attached hydrogens (tertiary/aromatic N) is 3. The van der Waals surface area contributed by atoms with Gasteiger partial charge in [-0.25, -0.2) is 14.4 Å². The number of aromatic hydroxyl groups is 1. The first-order chi connectivity index (χ1) is 15.1. The van der Waals surface area contributed by atoms with Gasteiger partial charge in [-0.15, -0.1) is 0 Å². The van der Waals surface area contributed by atoms with E-state index in [2.05, 4.69) is 16.0 Å². The maximum Gasteiger partial charge on any atom is 0.165 e. The lowest BCUT2D eigenvalue weighted by atomic mass is 10.0. The van der Waals surface area contributed by atoms with Crippen LogP contribution in [0.15, 0.2) is 66.7 Å². The van der Waals surface area contributed by atoms with Gasteiger partial charge in [0.05, 0.1) is 24.2 Å². The van der Waals surface area contributed by atoms with E-state index in [0.29, 0.717) is 28.1 Å². The van der Waals surface area contributed by atoms with Gasteiger partial charge in [0.25, 0.3) is 0 Å². The second-order valence-corrected chi connectivity index (χ2v) is 7.68. The van der Waals surface area contributed by atoms with Crippen LogP contribution in [-0.2, 0) is 0 Å². The number of phenolic OH excluding ortho intramolecular Hbond substituents is 1. The van der Waals surface area contributed by atoms with Crippen LogP contribution in [-0.4, -0.2) is 28.7 Å². The maximum atomic E-state index is 14.2. The normalized spacial score (nSPS) is 16.1. The van der Waals surface area contributed by atoms with Crippen LogP contribution in [0.1, 0.15) is 24.4 Å². The minimum atomic E-state index is -0.329. The van der Waals surface area contributed by atoms with Gasteiger partial charge in [0.1, 0.15) is 23.1 Å². The molecule has 0 amide bonds. The molecule has 1 atom stereocenters. The van der Waals surface area contributed by atoms with Crippen LogP contribution in [0.5, 0.6) is 11.5 Å². The molecule has 0 aliphatic carbocycles. The first-order valence-corrected chi connectivity index (χ1v) is 10.3. The Kier molecular flexibility index (Phi) is 4.90. The van der Waals surface area contributed by atoms with Crippen LogP contribution >= 0.6 is 0 Å². The summed E-state index contributed by atoms with van der Waals surface area (Å²) in [4.78, 5) is 11.7. The van der Waals surface area contributed by atoms with Gasteiger partial charge in [-0.2, -0.15) is 0 Å². The summed E-state index contributed by atoms with van der Waals surface area (Å²) in [7, 11) is 1.66. The lowest BCUT2D eigenvalue weighted by molar-refractivity contribution is 0.414. The van der Waals surface area contributed by atoms with E-state index in [1.54, 1.807) is 31.4 Å². The Morgan fingerprint density at radius 1 is 1.03 bits per heavy atom. The Morgan fingerprint density at radius 3 is 2.74 bits per heavy atom. The third-order valence-corrected chi connectivity index (χ3v) is 5.79. The van der Waals surface area contributed by atoms with E-state index in [0.717, 1.165) is 30.7 Å². The molecule has 0 spiro atoms. The first kappa shape index (κ1) is 19.3. The molecule has 3 aromatic carbocycles. The van der Waals surface area contributed by atoms with Gasteiger partial charge in [0.2, 0.25) is 0 Å². The highest BCUT2D eigenvalue weighted by Crippen LogP contribution is 2.40. The number of benzene rings is 3. The Bertz CT molecular complexity index is 1260. The molecule has 31 heavy (non-hydrogen) atoms. The zero-order chi connectivity index (χ0) is 21.4. The Balaban J connectivity index is 1.68. The maximum absolute atomic E-state index is 14.2. The largest absolute Gasteiger partial charge is 0.507 e. The molecule has 5 nitrogen and oxygen atoms in total. The molecule has 0 saturated carbocycles. The minimum absolute atomic E-state index is 0.0914. The monoisotopic (exact) mass is 415 g/mol. The van der Waals surface area contributed by atoms with Gasteiger partial charge in [0, 0.05) is 11.9 Å². The topological polar surface area (TPSA) is 58.5 Å². The molecule has 6 heteroatoms. The fraction of sp³-hybridized carbons (Fsp3) is 0.200. The SMILES string of the molecule is COc1cccc(C2CCCN2c2nc(-c3ccccc3O)nc3ccc(F)cc23)c1. The van der Waals surface area contributed by atoms with Crippen LogP contribution < -0.4 is 9.64 Å². The molecule has 1 saturated heterocycles. The van der Waals surface area contributed by atoms with Crippen molar-refractivity contribution in [2.75, 3.05) is 18.6 Å². The number of anilines is 1. The van der Waals surface area contributed by atoms with Gasteiger partial charge >= 0.3 is 0 Å². The van der Waals surface area contributed by atoms with Crippen LogP contribution in [0.2, 0.25) is 0 Å². The predicted molar refractivity (Wildman–Crippen MR) is 119 cm³/mol. The summed E-state index contributed by atoms with van der Waals surface area (Å²) in [6, 6.07) is 19.7. The van der Waals surface area contributed by atoms with E-state index in [1.807, 2.05) is 24.3 Å². The van der Waals surface area contributed by atoms with E-state index in [-0.39, 0.29) is 17.6 Å². The second-order valence-electron chi connectivity index (χ2n) is 7.68. The summed E-state index contributed by atoms with van der Waals surface area (Å²) in [5.74, 6) is 1.68. The van der Waals surface area contributed by atoms with Crippen molar-refractivity contribution in [2.45, 2.75) is 18.9 Å². The molecule has 1 fully saturated rings. The fourth-order valence-electron chi connectivity index (χ4n) is 4.30. The highest BCUT2D eigenvalue weighted by molar-refractivity contribution is 5.91. The summed E-state index contributed by atoms with van der Waals surface area (Å²) in [5, 5.41) is 11.0. The van der Waals surface area contributed by atoms with E-state index in [1.165, 1.54) is 12.1 Å². The van der Waals surface area contributed by atoms with E-state index in [9.17, 15) is 9.50 Å². The van der Waals surface area contributed by atoms with Crippen molar-refractivity contribution in [1.82, 2.24) is 9.97 Å². The number of ether oxygens (including phenoxy) is 1. The van der Waals surface area contributed by atoms with Crippen LogP contribution in [0, 0.1) is 5.82 Å². The van der Waals surface area contributed by atoms with Crippen LogP contribution in [0.3, 0.4) is 0 Å².